The highest BCUT2D eigenvalue weighted by Gasteiger charge is 2.21. The lowest BCUT2D eigenvalue weighted by Gasteiger charge is -2.21. The summed E-state index contributed by atoms with van der Waals surface area (Å²) in [6.45, 7) is 6.49. The summed E-state index contributed by atoms with van der Waals surface area (Å²) in [7, 11) is 2.15. The van der Waals surface area contributed by atoms with Crippen molar-refractivity contribution in [2.24, 2.45) is 0 Å². The molecule has 1 aliphatic heterocycles. The Labute approximate surface area is 79.5 Å². The van der Waals surface area contributed by atoms with Crippen LogP contribution in [-0.4, -0.2) is 18.5 Å². The van der Waals surface area contributed by atoms with E-state index in [1.54, 1.807) is 0 Å². The summed E-state index contributed by atoms with van der Waals surface area (Å²) < 4.78 is 5.81. The Bertz CT molecular complexity index is 314. The molecule has 1 aliphatic rings. The number of aryl methyl sites for hydroxylation is 1. The second-order valence-corrected chi connectivity index (χ2v) is 3.89. The van der Waals surface area contributed by atoms with Crippen molar-refractivity contribution < 1.29 is 4.42 Å². The fourth-order valence-corrected chi connectivity index (χ4v) is 2.08. The molecule has 0 amide bonds. The second-order valence-electron chi connectivity index (χ2n) is 3.89. The van der Waals surface area contributed by atoms with E-state index in [0.717, 1.165) is 25.9 Å². The van der Waals surface area contributed by atoms with Gasteiger partial charge in [0.2, 0.25) is 0 Å². The lowest BCUT2D eigenvalue weighted by molar-refractivity contribution is 0.273. The molecular formula is C11H17NO. The smallest absolute Gasteiger partial charge is 0.121 e. The molecule has 0 aromatic carbocycles. The van der Waals surface area contributed by atoms with Gasteiger partial charge in [0, 0.05) is 13.0 Å². The van der Waals surface area contributed by atoms with Gasteiger partial charge in [0.15, 0.2) is 0 Å². The lowest BCUT2D eigenvalue weighted by atomic mass is 10.0. The number of hydrogen-bond donors (Lipinski definition) is 0. The molecule has 2 nitrogen and oxygen atoms in total. The van der Waals surface area contributed by atoms with E-state index in [1.807, 2.05) is 0 Å². The minimum absolute atomic E-state index is 0.982. The predicted molar refractivity (Wildman–Crippen MR) is 52.9 cm³/mol. The zero-order valence-electron chi connectivity index (χ0n) is 8.68. The topological polar surface area (TPSA) is 16.4 Å². The van der Waals surface area contributed by atoms with Crippen LogP contribution < -0.4 is 0 Å². The minimum Gasteiger partial charge on any atom is -0.464 e. The first-order chi connectivity index (χ1) is 6.22. The van der Waals surface area contributed by atoms with Gasteiger partial charge in [-0.2, -0.15) is 0 Å². The van der Waals surface area contributed by atoms with Crippen LogP contribution >= 0.6 is 0 Å². The van der Waals surface area contributed by atoms with Gasteiger partial charge in [-0.05, 0) is 31.5 Å². The molecule has 0 unspecified atom stereocenters. The zero-order chi connectivity index (χ0) is 9.42. The highest BCUT2D eigenvalue weighted by Crippen LogP contribution is 2.27. The van der Waals surface area contributed by atoms with Crippen LogP contribution in [0.4, 0.5) is 0 Å². The van der Waals surface area contributed by atoms with Gasteiger partial charge in [0.25, 0.3) is 0 Å². The highest BCUT2D eigenvalue weighted by molar-refractivity contribution is 5.34. The van der Waals surface area contributed by atoms with Crippen LogP contribution in [-0.2, 0) is 19.4 Å². The van der Waals surface area contributed by atoms with E-state index in [9.17, 15) is 0 Å². The Morgan fingerprint density at radius 2 is 2.23 bits per heavy atom. The number of fused-ring (bicyclic) bond motifs is 1. The molecule has 2 rings (SSSR count). The van der Waals surface area contributed by atoms with Crippen LogP contribution in [0, 0.1) is 6.92 Å². The summed E-state index contributed by atoms with van der Waals surface area (Å²) in [4.78, 5) is 2.31. The normalized spacial score (nSPS) is 17.5. The van der Waals surface area contributed by atoms with Gasteiger partial charge >= 0.3 is 0 Å². The van der Waals surface area contributed by atoms with Crippen LogP contribution in [0.15, 0.2) is 4.42 Å². The molecule has 0 aliphatic carbocycles. The maximum absolute atomic E-state index is 5.81. The van der Waals surface area contributed by atoms with Crippen molar-refractivity contribution in [2.45, 2.75) is 33.2 Å². The van der Waals surface area contributed by atoms with E-state index in [1.165, 1.54) is 22.6 Å². The summed E-state index contributed by atoms with van der Waals surface area (Å²) >= 11 is 0. The largest absolute Gasteiger partial charge is 0.464 e. The molecule has 0 saturated heterocycles. The first kappa shape index (κ1) is 8.82. The molecule has 0 atom stereocenters. The number of nitrogens with zero attached hydrogens (tertiary/aromatic N) is 1. The monoisotopic (exact) mass is 179 g/mol. The Morgan fingerprint density at radius 3 is 2.92 bits per heavy atom. The van der Waals surface area contributed by atoms with Crippen molar-refractivity contribution in [3.63, 3.8) is 0 Å². The Balaban J connectivity index is 2.39. The van der Waals surface area contributed by atoms with Gasteiger partial charge in [-0.1, -0.05) is 6.92 Å². The van der Waals surface area contributed by atoms with Gasteiger partial charge in [-0.3, -0.25) is 4.90 Å². The van der Waals surface area contributed by atoms with Gasteiger partial charge in [-0.15, -0.1) is 0 Å². The molecule has 2 heteroatoms. The second kappa shape index (κ2) is 3.18. The number of furan rings is 1. The van der Waals surface area contributed by atoms with E-state index in [2.05, 4.69) is 25.8 Å². The van der Waals surface area contributed by atoms with Crippen LogP contribution in [0.2, 0.25) is 0 Å². The van der Waals surface area contributed by atoms with E-state index in [-0.39, 0.29) is 0 Å². The van der Waals surface area contributed by atoms with Gasteiger partial charge in [0.05, 0.1) is 6.54 Å². The molecule has 1 aromatic heterocycles. The molecule has 1 aromatic rings. The molecule has 2 heterocycles. The third kappa shape index (κ3) is 1.39. The molecule has 72 valence electrons. The van der Waals surface area contributed by atoms with Crippen molar-refractivity contribution in [2.75, 3.05) is 13.6 Å². The minimum atomic E-state index is 0.982. The van der Waals surface area contributed by atoms with Crippen molar-refractivity contribution in [1.29, 1.82) is 0 Å². The summed E-state index contributed by atoms with van der Waals surface area (Å²) in [5, 5.41) is 0. The van der Waals surface area contributed by atoms with Crippen LogP contribution in [0.5, 0.6) is 0 Å². The first-order valence-corrected chi connectivity index (χ1v) is 5.01. The average molecular weight is 179 g/mol. The summed E-state index contributed by atoms with van der Waals surface area (Å²) in [6.07, 6.45) is 2.17. The Morgan fingerprint density at radius 1 is 1.46 bits per heavy atom. The van der Waals surface area contributed by atoms with Crippen molar-refractivity contribution >= 4 is 0 Å². The zero-order valence-corrected chi connectivity index (χ0v) is 8.68. The maximum Gasteiger partial charge on any atom is 0.121 e. The first-order valence-electron chi connectivity index (χ1n) is 5.01. The van der Waals surface area contributed by atoms with Crippen LogP contribution in [0.1, 0.15) is 29.6 Å². The summed E-state index contributed by atoms with van der Waals surface area (Å²) in [6, 6.07) is 0. The van der Waals surface area contributed by atoms with Gasteiger partial charge in [-0.25, -0.2) is 0 Å². The van der Waals surface area contributed by atoms with Crippen molar-refractivity contribution in [3.05, 3.63) is 22.6 Å². The molecule has 0 saturated carbocycles. The molecule has 0 radical (unpaired) electrons. The molecule has 13 heavy (non-hydrogen) atoms. The lowest BCUT2D eigenvalue weighted by Crippen LogP contribution is -2.25. The Kier molecular flexibility index (Phi) is 2.16. The van der Waals surface area contributed by atoms with Gasteiger partial charge < -0.3 is 4.42 Å². The average Bonchev–Trinajstić information content (AvgIpc) is 2.42. The third-order valence-electron chi connectivity index (χ3n) is 2.93. The van der Waals surface area contributed by atoms with Gasteiger partial charge in [0.1, 0.15) is 11.5 Å². The quantitative estimate of drug-likeness (QED) is 0.656. The molecule has 0 N–H and O–H groups in total. The van der Waals surface area contributed by atoms with Crippen molar-refractivity contribution in [3.8, 4) is 0 Å². The van der Waals surface area contributed by atoms with E-state index >= 15 is 0 Å². The SMILES string of the molecule is CCc1oc2c(c1C)CCN(C)C2. The van der Waals surface area contributed by atoms with Crippen LogP contribution in [0.25, 0.3) is 0 Å². The van der Waals surface area contributed by atoms with E-state index < -0.39 is 0 Å². The molecule has 0 bridgehead atoms. The molecule has 0 fully saturated rings. The molecule has 0 spiro atoms. The fourth-order valence-electron chi connectivity index (χ4n) is 2.08. The van der Waals surface area contributed by atoms with E-state index in [4.69, 9.17) is 4.42 Å². The third-order valence-corrected chi connectivity index (χ3v) is 2.93. The standard InChI is InChI=1S/C11H17NO/c1-4-10-8(2)9-5-6-12(3)7-11(9)13-10/h4-7H2,1-3H3. The number of hydrogen-bond acceptors (Lipinski definition) is 2. The fraction of sp³-hybridized carbons (Fsp3) is 0.636. The summed E-state index contributed by atoms with van der Waals surface area (Å²) in [5.41, 5.74) is 2.86. The molecular weight excluding hydrogens is 162 g/mol. The highest BCUT2D eigenvalue weighted by atomic mass is 16.3. The van der Waals surface area contributed by atoms with E-state index in [0.29, 0.717) is 0 Å². The van der Waals surface area contributed by atoms with Crippen LogP contribution in [0.3, 0.4) is 0 Å². The van der Waals surface area contributed by atoms with Crippen molar-refractivity contribution in [1.82, 2.24) is 4.90 Å². The summed E-state index contributed by atoms with van der Waals surface area (Å²) in [5.74, 6) is 2.38. The maximum atomic E-state index is 5.81. The predicted octanol–water partition coefficient (Wildman–Crippen LogP) is 2.14. The number of likely N-dealkylation sites (N-methyl/N-ethyl adjacent to an activating group) is 1. The Hall–Kier alpha value is -0.760. The number of rotatable bonds is 1.